The summed E-state index contributed by atoms with van der Waals surface area (Å²) in [6.45, 7) is 7.18. The van der Waals surface area contributed by atoms with E-state index in [2.05, 4.69) is 30.3 Å². The minimum atomic E-state index is -3.17. The van der Waals surface area contributed by atoms with Gasteiger partial charge in [-0.3, -0.25) is 4.79 Å². The third-order valence-corrected chi connectivity index (χ3v) is 9.55. The quantitative estimate of drug-likeness (QED) is 0.434. The zero-order valence-corrected chi connectivity index (χ0v) is 21.8. The number of rotatable bonds is 9. The first-order valence-electron chi connectivity index (χ1n) is 12.1. The van der Waals surface area contributed by atoms with Crippen LogP contribution in [0, 0.1) is 5.92 Å². The first-order valence-corrected chi connectivity index (χ1v) is 14.6. The summed E-state index contributed by atoms with van der Waals surface area (Å²) in [6, 6.07) is 3.92. The van der Waals surface area contributed by atoms with Gasteiger partial charge in [-0.2, -0.15) is 0 Å². The second-order valence-electron chi connectivity index (χ2n) is 9.54. The molecular weight excluding hydrogens is 468 g/mol. The Balaban J connectivity index is 1.63. The van der Waals surface area contributed by atoms with Crippen LogP contribution in [0.2, 0.25) is 0 Å². The van der Waals surface area contributed by atoms with Gasteiger partial charge in [0.25, 0.3) is 5.91 Å². The average molecular weight is 503 g/mol. The van der Waals surface area contributed by atoms with Gasteiger partial charge in [0.15, 0.2) is 0 Å². The first-order chi connectivity index (χ1) is 16.2. The number of hydrogen-bond acceptors (Lipinski definition) is 5. The Morgan fingerprint density at radius 2 is 2.03 bits per heavy atom. The summed E-state index contributed by atoms with van der Waals surface area (Å²) in [4.78, 5) is 20.4. The molecule has 2 aromatic heterocycles. The van der Waals surface area contributed by atoms with E-state index < -0.39 is 15.9 Å². The Kier molecular flexibility index (Phi) is 7.45. The summed E-state index contributed by atoms with van der Waals surface area (Å²) in [5.41, 5.74) is 9.81. The summed E-state index contributed by atoms with van der Waals surface area (Å²) in [5, 5.41) is 4.13. The molecule has 3 heterocycles. The Labute approximate surface area is 205 Å². The fraction of sp³-hybridized carbons (Fsp3) is 0.520. The summed E-state index contributed by atoms with van der Waals surface area (Å²) in [6.07, 6.45) is 6.71. The van der Waals surface area contributed by atoms with Crippen molar-refractivity contribution in [1.82, 2.24) is 14.3 Å². The lowest BCUT2D eigenvalue weighted by atomic mass is 9.89. The van der Waals surface area contributed by atoms with Crippen LogP contribution in [0.25, 0.3) is 22.2 Å². The van der Waals surface area contributed by atoms with E-state index in [0.29, 0.717) is 24.6 Å². The van der Waals surface area contributed by atoms with Crippen LogP contribution in [0.4, 0.5) is 0 Å². The molecule has 1 aliphatic rings. The number of carbonyl (C=O) groups is 1. The van der Waals surface area contributed by atoms with Gasteiger partial charge < -0.3 is 10.7 Å². The number of primary amides is 1. The highest BCUT2D eigenvalue weighted by atomic mass is 32.2. The van der Waals surface area contributed by atoms with Gasteiger partial charge in [-0.05, 0) is 62.1 Å². The number of thiazole rings is 1. The van der Waals surface area contributed by atoms with E-state index in [1.165, 1.54) is 6.42 Å². The van der Waals surface area contributed by atoms with Crippen LogP contribution in [0.5, 0.6) is 0 Å². The molecule has 7 nitrogen and oxygen atoms in total. The number of fused-ring (bicyclic) bond motifs is 1. The van der Waals surface area contributed by atoms with Gasteiger partial charge in [0.05, 0.1) is 27.5 Å². The van der Waals surface area contributed by atoms with Crippen LogP contribution in [0.15, 0.2) is 23.7 Å². The molecule has 1 aromatic carbocycles. The smallest absolute Gasteiger partial charge is 0.250 e. The lowest BCUT2D eigenvalue weighted by Crippen LogP contribution is -2.38. The third kappa shape index (κ3) is 5.21. The van der Waals surface area contributed by atoms with Crippen molar-refractivity contribution >= 4 is 38.2 Å². The Morgan fingerprint density at radius 1 is 1.29 bits per heavy atom. The van der Waals surface area contributed by atoms with E-state index in [1.54, 1.807) is 22.6 Å². The normalized spacial score (nSPS) is 16.0. The van der Waals surface area contributed by atoms with E-state index >= 15 is 0 Å². The highest BCUT2D eigenvalue weighted by molar-refractivity contribution is 7.89. The zero-order valence-electron chi connectivity index (χ0n) is 20.1. The average Bonchev–Trinajstić information content (AvgIpc) is 3.45. The highest BCUT2D eigenvalue weighted by Crippen LogP contribution is 2.37. The topological polar surface area (TPSA) is 109 Å². The molecule has 4 rings (SSSR count). The van der Waals surface area contributed by atoms with E-state index in [4.69, 9.17) is 10.7 Å². The molecule has 0 saturated carbocycles. The fourth-order valence-electron chi connectivity index (χ4n) is 4.78. The molecular formula is C25H34N4O3S2. The molecule has 0 radical (unpaired) electrons. The van der Waals surface area contributed by atoms with Gasteiger partial charge in [-0.15, -0.1) is 11.3 Å². The monoisotopic (exact) mass is 502 g/mol. The number of sulfonamides is 1. The Bertz CT molecular complexity index is 1270. The fourth-order valence-corrected chi connectivity index (χ4v) is 6.76. The van der Waals surface area contributed by atoms with E-state index in [1.807, 2.05) is 12.3 Å². The molecule has 1 saturated heterocycles. The van der Waals surface area contributed by atoms with Crippen molar-refractivity contribution in [2.24, 2.45) is 11.7 Å². The van der Waals surface area contributed by atoms with Crippen molar-refractivity contribution in [3.8, 4) is 11.3 Å². The molecule has 0 spiro atoms. The van der Waals surface area contributed by atoms with Crippen molar-refractivity contribution < 1.29 is 13.2 Å². The van der Waals surface area contributed by atoms with Gasteiger partial charge in [-0.1, -0.05) is 20.3 Å². The van der Waals surface area contributed by atoms with Gasteiger partial charge in [-0.25, -0.2) is 17.7 Å². The minimum Gasteiger partial charge on any atom is -0.366 e. The molecule has 3 aromatic rings. The zero-order chi connectivity index (χ0) is 24.5. The molecule has 3 N–H and O–H groups in total. The number of nitrogens with one attached hydrogen (secondary N) is 1. The molecule has 0 unspecified atom stereocenters. The van der Waals surface area contributed by atoms with E-state index in [0.717, 1.165) is 58.4 Å². The van der Waals surface area contributed by atoms with Crippen LogP contribution in [0.1, 0.15) is 73.3 Å². The van der Waals surface area contributed by atoms with E-state index in [9.17, 15) is 13.2 Å². The maximum atomic E-state index is 12.3. The molecule has 184 valence electrons. The minimum absolute atomic E-state index is 0.128. The molecule has 0 aliphatic carbocycles. The molecule has 1 amide bonds. The number of aryl methyl sites for hydroxylation is 1. The van der Waals surface area contributed by atoms with Crippen LogP contribution >= 0.6 is 11.3 Å². The molecule has 0 atom stereocenters. The van der Waals surface area contributed by atoms with Crippen LogP contribution < -0.4 is 5.73 Å². The Hall–Kier alpha value is -2.23. The summed E-state index contributed by atoms with van der Waals surface area (Å²) < 4.78 is 26.1. The van der Waals surface area contributed by atoms with E-state index in [-0.39, 0.29) is 11.7 Å². The standard InChI is InChI=1S/C25H34N4O3S2/c1-4-34(31,32)29-10-8-17(9-11-29)21-14-27-24-19(21)12-18(13-20(24)25(26)30)22-15-33-23(28-22)7-5-6-16(2)3/h12-17,27H,4-11H2,1-3H3,(H2,26,30). The number of H-pyrrole nitrogens is 1. The van der Waals surface area contributed by atoms with Crippen molar-refractivity contribution in [2.45, 2.75) is 58.8 Å². The largest absolute Gasteiger partial charge is 0.366 e. The SMILES string of the molecule is CCS(=O)(=O)N1CCC(c2c[nH]c3c(C(N)=O)cc(-c4csc(CCCC(C)C)n4)cc23)CC1. The van der Waals surface area contributed by atoms with Crippen LogP contribution in [-0.4, -0.2) is 47.4 Å². The number of nitrogens with two attached hydrogens (primary N) is 1. The molecule has 1 aliphatic heterocycles. The number of aromatic amines is 1. The number of benzene rings is 1. The lowest BCUT2D eigenvalue weighted by Gasteiger charge is -2.31. The van der Waals surface area contributed by atoms with Gasteiger partial charge in [0.2, 0.25) is 10.0 Å². The molecule has 9 heteroatoms. The van der Waals surface area contributed by atoms with Crippen LogP contribution in [0.3, 0.4) is 0 Å². The summed E-state index contributed by atoms with van der Waals surface area (Å²) >= 11 is 1.66. The van der Waals surface area contributed by atoms with Crippen LogP contribution in [-0.2, 0) is 16.4 Å². The van der Waals surface area contributed by atoms with Gasteiger partial charge in [0.1, 0.15) is 0 Å². The van der Waals surface area contributed by atoms with Crippen molar-refractivity contribution in [3.05, 3.63) is 39.8 Å². The third-order valence-electron chi connectivity index (χ3n) is 6.76. The number of carbonyl (C=O) groups excluding carboxylic acids is 1. The number of piperidine rings is 1. The van der Waals surface area contributed by atoms with Gasteiger partial charge >= 0.3 is 0 Å². The first kappa shape index (κ1) is 24.9. The maximum absolute atomic E-state index is 12.3. The highest BCUT2D eigenvalue weighted by Gasteiger charge is 2.29. The second-order valence-corrected chi connectivity index (χ2v) is 12.7. The van der Waals surface area contributed by atoms with Crippen molar-refractivity contribution in [1.29, 1.82) is 0 Å². The number of hydrogen-bond donors (Lipinski definition) is 2. The Morgan fingerprint density at radius 3 is 2.68 bits per heavy atom. The maximum Gasteiger partial charge on any atom is 0.250 e. The summed E-state index contributed by atoms with van der Waals surface area (Å²) in [5.74, 6) is 0.552. The lowest BCUT2D eigenvalue weighted by molar-refractivity contribution is 0.100. The number of nitrogens with zero attached hydrogens (tertiary/aromatic N) is 2. The predicted molar refractivity (Wildman–Crippen MR) is 139 cm³/mol. The van der Waals surface area contributed by atoms with Gasteiger partial charge in [0, 0.05) is 35.6 Å². The molecule has 34 heavy (non-hydrogen) atoms. The predicted octanol–water partition coefficient (Wildman–Crippen LogP) is 4.90. The number of amides is 1. The van der Waals surface area contributed by atoms with Crippen molar-refractivity contribution in [2.75, 3.05) is 18.8 Å². The summed E-state index contributed by atoms with van der Waals surface area (Å²) in [7, 11) is -3.17. The van der Waals surface area contributed by atoms with Crippen molar-refractivity contribution in [3.63, 3.8) is 0 Å². The molecule has 1 fully saturated rings. The number of aromatic nitrogens is 2. The molecule has 0 bridgehead atoms. The second kappa shape index (κ2) is 10.2.